The lowest BCUT2D eigenvalue weighted by Crippen LogP contribution is -2.09. The molecule has 0 aliphatic carbocycles. The molecule has 0 spiro atoms. The average Bonchev–Trinajstić information content (AvgIpc) is 3.45. The predicted molar refractivity (Wildman–Crippen MR) is 150 cm³/mol. The highest BCUT2D eigenvalue weighted by Gasteiger charge is 2.30. The Kier molecular flexibility index (Phi) is 9.91. The van der Waals surface area contributed by atoms with Crippen molar-refractivity contribution in [3.8, 4) is 28.7 Å². The Morgan fingerprint density at radius 3 is 1.89 bits per heavy atom. The van der Waals surface area contributed by atoms with Gasteiger partial charge in [-0.15, -0.1) is 11.8 Å². The monoisotopic (exact) mass is 559 g/mol. The Morgan fingerprint density at radius 1 is 0.816 bits per heavy atom. The lowest BCUT2D eigenvalue weighted by molar-refractivity contribution is 0.0436. The van der Waals surface area contributed by atoms with Gasteiger partial charge in [0.25, 0.3) is 0 Å². The summed E-state index contributed by atoms with van der Waals surface area (Å²) in [5, 5.41) is 0.726. The van der Waals surface area contributed by atoms with Crippen LogP contribution in [-0.2, 0) is 11.3 Å². The van der Waals surface area contributed by atoms with E-state index in [9.17, 15) is 0 Å². The molecule has 0 unspecified atom stereocenters. The molecule has 0 saturated carbocycles. The highest BCUT2D eigenvalue weighted by atomic mass is 35.5. The van der Waals surface area contributed by atoms with Gasteiger partial charge in [-0.1, -0.05) is 11.6 Å². The second-order valence-electron chi connectivity index (χ2n) is 8.72. The van der Waals surface area contributed by atoms with E-state index in [4.69, 9.17) is 45.8 Å². The summed E-state index contributed by atoms with van der Waals surface area (Å²) in [7, 11) is 6.46. The SMILES string of the molecule is COc1cc([C@H]2CC[C@H](c3cc(OC)c(OC)c(OC)c3)O2)cc(CN)c1OCCSc1ccc(Cl)cc1. The summed E-state index contributed by atoms with van der Waals surface area (Å²) in [5.41, 5.74) is 9.00. The molecule has 7 nitrogen and oxygen atoms in total. The van der Waals surface area contributed by atoms with Crippen molar-refractivity contribution in [1.82, 2.24) is 0 Å². The topological polar surface area (TPSA) is 81.4 Å². The van der Waals surface area contributed by atoms with Gasteiger partial charge >= 0.3 is 0 Å². The summed E-state index contributed by atoms with van der Waals surface area (Å²) < 4.78 is 34.9. The van der Waals surface area contributed by atoms with Crippen molar-refractivity contribution in [1.29, 1.82) is 0 Å². The van der Waals surface area contributed by atoms with E-state index in [0.29, 0.717) is 41.9 Å². The summed E-state index contributed by atoms with van der Waals surface area (Å²) in [4.78, 5) is 1.14. The molecule has 1 aliphatic rings. The van der Waals surface area contributed by atoms with Crippen LogP contribution in [0.25, 0.3) is 0 Å². The van der Waals surface area contributed by atoms with Gasteiger partial charge in [-0.25, -0.2) is 0 Å². The molecule has 1 aliphatic heterocycles. The van der Waals surface area contributed by atoms with Gasteiger partial charge in [-0.3, -0.25) is 0 Å². The van der Waals surface area contributed by atoms with E-state index < -0.39 is 0 Å². The minimum absolute atomic E-state index is 0.104. The van der Waals surface area contributed by atoms with Crippen molar-refractivity contribution in [3.63, 3.8) is 0 Å². The summed E-state index contributed by atoms with van der Waals surface area (Å²) in [6, 6.07) is 15.7. The van der Waals surface area contributed by atoms with Gasteiger partial charge in [0.05, 0.1) is 47.3 Å². The molecule has 9 heteroatoms. The quantitative estimate of drug-likeness (QED) is 0.196. The fourth-order valence-corrected chi connectivity index (χ4v) is 5.44. The third-order valence-corrected chi connectivity index (χ3v) is 7.68. The van der Waals surface area contributed by atoms with Gasteiger partial charge in [-0.2, -0.15) is 0 Å². The second-order valence-corrected chi connectivity index (χ2v) is 10.3. The van der Waals surface area contributed by atoms with E-state index >= 15 is 0 Å². The number of thioether (sulfide) groups is 1. The van der Waals surface area contributed by atoms with E-state index in [1.165, 1.54) is 0 Å². The average molecular weight is 560 g/mol. The van der Waals surface area contributed by atoms with Crippen molar-refractivity contribution in [2.75, 3.05) is 40.8 Å². The molecule has 0 bridgehead atoms. The smallest absolute Gasteiger partial charge is 0.203 e. The number of ether oxygens (including phenoxy) is 6. The normalized spacial score (nSPS) is 16.8. The number of hydrogen-bond donors (Lipinski definition) is 1. The summed E-state index contributed by atoms with van der Waals surface area (Å²) in [6.45, 7) is 0.839. The molecule has 2 atom stereocenters. The molecule has 1 fully saturated rings. The molecule has 0 radical (unpaired) electrons. The zero-order valence-electron chi connectivity index (χ0n) is 22.1. The van der Waals surface area contributed by atoms with Crippen LogP contribution in [0.5, 0.6) is 28.7 Å². The number of rotatable bonds is 12. The lowest BCUT2D eigenvalue weighted by Gasteiger charge is -2.20. The minimum Gasteiger partial charge on any atom is -0.493 e. The van der Waals surface area contributed by atoms with Gasteiger partial charge < -0.3 is 34.2 Å². The van der Waals surface area contributed by atoms with Crippen molar-refractivity contribution in [2.45, 2.75) is 36.5 Å². The van der Waals surface area contributed by atoms with E-state index in [0.717, 1.165) is 45.2 Å². The zero-order chi connectivity index (χ0) is 27.1. The van der Waals surface area contributed by atoms with Gasteiger partial charge in [0, 0.05) is 27.8 Å². The van der Waals surface area contributed by atoms with Crippen LogP contribution in [0.2, 0.25) is 5.02 Å². The maximum Gasteiger partial charge on any atom is 0.203 e. The van der Waals surface area contributed by atoms with Crippen LogP contribution in [-0.4, -0.2) is 40.8 Å². The summed E-state index contributed by atoms with van der Waals surface area (Å²) >= 11 is 7.67. The van der Waals surface area contributed by atoms with Gasteiger partial charge in [0.1, 0.15) is 0 Å². The molecule has 1 saturated heterocycles. The number of hydrogen-bond acceptors (Lipinski definition) is 8. The molecule has 4 rings (SSSR count). The van der Waals surface area contributed by atoms with Gasteiger partial charge in [0.2, 0.25) is 5.75 Å². The Bertz CT molecular complexity index is 1170. The van der Waals surface area contributed by atoms with E-state index in [-0.39, 0.29) is 12.2 Å². The maximum atomic E-state index is 6.50. The van der Waals surface area contributed by atoms with Crippen LogP contribution in [0.3, 0.4) is 0 Å². The van der Waals surface area contributed by atoms with Gasteiger partial charge in [0.15, 0.2) is 23.0 Å². The summed E-state index contributed by atoms with van der Waals surface area (Å²) in [6.07, 6.45) is 1.49. The first-order valence-electron chi connectivity index (χ1n) is 12.4. The Hall–Kier alpha value is -2.78. The Labute approximate surface area is 233 Å². The largest absolute Gasteiger partial charge is 0.493 e. The highest BCUT2D eigenvalue weighted by molar-refractivity contribution is 7.99. The molecule has 3 aromatic carbocycles. The third-order valence-electron chi connectivity index (χ3n) is 6.46. The van der Waals surface area contributed by atoms with Crippen LogP contribution in [0.1, 0.15) is 41.7 Å². The van der Waals surface area contributed by atoms with Crippen molar-refractivity contribution >= 4 is 23.4 Å². The molecule has 0 amide bonds. The third kappa shape index (κ3) is 6.43. The molecular formula is C29H34ClNO6S. The van der Waals surface area contributed by atoms with Crippen LogP contribution in [0.4, 0.5) is 0 Å². The van der Waals surface area contributed by atoms with Gasteiger partial charge in [-0.05, 0) is 72.5 Å². The number of halogens is 1. The molecule has 2 N–H and O–H groups in total. The maximum absolute atomic E-state index is 6.50. The lowest BCUT2D eigenvalue weighted by atomic mass is 10.0. The van der Waals surface area contributed by atoms with Crippen molar-refractivity contribution < 1.29 is 28.4 Å². The number of nitrogens with two attached hydrogens (primary N) is 1. The van der Waals surface area contributed by atoms with Crippen molar-refractivity contribution in [2.24, 2.45) is 5.73 Å². The van der Waals surface area contributed by atoms with Crippen LogP contribution in [0.15, 0.2) is 53.4 Å². The first-order valence-corrected chi connectivity index (χ1v) is 13.7. The van der Waals surface area contributed by atoms with Crippen LogP contribution in [0, 0.1) is 0 Å². The summed E-state index contributed by atoms with van der Waals surface area (Å²) in [5.74, 6) is 3.88. The van der Waals surface area contributed by atoms with Crippen LogP contribution < -0.4 is 29.4 Å². The number of methoxy groups -OCH3 is 4. The minimum atomic E-state index is -0.109. The fraction of sp³-hybridized carbons (Fsp3) is 0.379. The fourth-order valence-electron chi connectivity index (χ4n) is 4.59. The number of benzene rings is 3. The zero-order valence-corrected chi connectivity index (χ0v) is 23.7. The molecule has 3 aromatic rings. The first kappa shape index (κ1) is 28.2. The first-order chi connectivity index (χ1) is 18.5. The molecular weight excluding hydrogens is 526 g/mol. The van der Waals surface area contributed by atoms with E-state index in [2.05, 4.69) is 6.07 Å². The van der Waals surface area contributed by atoms with E-state index in [1.54, 1.807) is 40.2 Å². The van der Waals surface area contributed by atoms with E-state index in [1.807, 2.05) is 42.5 Å². The molecule has 0 aromatic heterocycles. The molecule has 1 heterocycles. The second kappa shape index (κ2) is 13.3. The Balaban J connectivity index is 1.46. The highest BCUT2D eigenvalue weighted by Crippen LogP contribution is 2.47. The molecule has 38 heavy (non-hydrogen) atoms. The van der Waals surface area contributed by atoms with Crippen molar-refractivity contribution in [3.05, 3.63) is 70.2 Å². The predicted octanol–water partition coefficient (Wildman–Crippen LogP) is 6.60. The van der Waals surface area contributed by atoms with Crippen LogP contribution >= 0.6 is 23.4 Å². The molecule has 204 valence electrons. The Morgan fingerprint density at radius 2 is 1.37 bits per heavy atom. The standard InChI is InChI=1S/C29H34ClNO6S/c1-32-25-14-18(13-20(17-31)28(25)36-11-12-38-22-7-5-21(30)6-8-22)23-9-10-24(37-23)19-15-26(33-2)29(35-4)27(16-19)34-3/h5-8,13-16,23-24H,9-12,17,31H2,1-4H3/t23-,24-/m1/s1.